The van der Waals surface area contributed by atoms with Gasteiger partial charge >= 0.3 is 0 Å². The van der Waals surface area contributed by atoms with Gasteiger partial charge in [0.05, 0.1) is 0 Å². The fourth-order valence-corrected chi connectivity index (χ4v) is 3.43. The first-order valence-corrected chi connectivity index (χ1v) is 9.02. The van der Waals surface area contributed by atoms with Crippen molar-refractivity contribution in [3.63, 3.8) is 0 Å². The number of benzene rings is 4. The van der Waals surface area contributed by atoms with E-state index in [0.717, 1.165) is 22.1 Å². The van der Waals surface area contributed by atoms with Gasteiger partial charge in [-0.2, -0.15) is 0 Å². The van der Waals surface area contributed by atoms with Crippen LogP contribution in [-0.4, -0.2) is 20.4 Å². The molecule has 0 spiro atoms. The molecule has 4 aromatic carbocycles. The lowest BCUT2D eigenvalue weighted by atomic mass is 9.94. The van der Waals surface area contributed by atoms with Gasteiger partial charge in [0.15, 0.2) is 0 Å². The summed E-state index contributed by atoms with van der Waals surface area (Å²) in [5.41, 5.74) is 3.66. The van der Waals surface area contributed by atoms with Crippen LogP contribution in [0.3, 0.4) is 0 Å². The first-order valence-electron chi connectivity index (χ1n) is 9.02. The zero-order chi connectivity index (χ0) is 19.7. The van der Waals surface area contributed by atoms with Gasteiger partial charge < -0.3 is 20.4 Å². The van der Waals surface area contributed by atoms with Gasteiger partial charge in [-0.05, 0) is 76.5 Å². The molecule has 28 heavy (non-hydrogen) atoms. The van der Waals surface area contributed by atoms with E-state index in [1.54, 1.807) is 48.5 Å². The molecule has 0 saturated carbocycles. The van der Waals surface area contributed by atoms with Crippen molar-refractivity contribution in [2.45, 2.75) is 12.8 Å². The van der Waals surface area contributed by atoms with Crippen molar-refractivity contribution in [3.8, 4) is 23.0 Å². The molecule has 0 aliphatic rings. The van der Waals surface area contributed by atoms with E-state index in [0.29, 0.717) is 23.8 Å². The summed E-state index contributed by atoms with van der Waals surface area (Å²) in [5.74, 6) is 0.744. The third-order valence-corrected chi connectivity index (χ3v) is 4.94. The Kier molecular flexibility index (Phi) is 4.53. The summed E-state index contributed by atoms with van der Waals surface area (Å²) < 4.78 is 0. The predicted octanol–water partition coefficient (Wildman–Crippen LogP) is 4.84. The standard InChI is InChI=1S/C24H20O4/c25-19-6-1-15(2-7-19)11-17-5-10-23(27)22-13-18(24(28)14-21(17)22)12-16-3-8-20(26)9-4-16/h1-10,13-14,25-28H,11-12H2. The summed E-state index contributed by atoms with van der Waals surface area (Å²) in [6.07, 6.45) is 1.11. The van der Waals surface area contributed by atoms with Crippen molar-refractivity contribution < 1.29 is 20.4 Å². The summed E-state index contributed by atoms with van der Waals surface area (Å²) >= 11 is 0. The molecule has 0 bridgehead atoms. The zero-order valence-electron chi connectivity index (χ0n) is 15.1. The molecular weight excluding hydrogens is 352 g/mol. The van der Waals surface area contributed by atoms with Gasteiger partial charge in [-0.3, -0.25) is 0 Å². The van der Waals surface area contributed by atoms with Gasteiger partial charge in [0, 0.05) is 11.8 Å². The number of hydrogen-bond donors (Lipinski definition) is 4. The van der Waals surface area contributed by atoms with Crippen LogP contribution in [0.4, 0.5) is 0 Å². The van der Waals surface area contributed by atoms with Gasteiger partial charge in [0.2, 0.25) is 0 Å². The normalized spacial score (nSPS) is 11.0. The Labute approximate surface area is 162 Å². The van der Waals surface area contributed by atoms with Gasteiger partial charge in [0.25, 0.3) is 0 Å². The molecule has 0 unspecified atom stereocenters. The van der Waals surface area contributed by atoms with Crippen LogP contribution >= 0.6 is 0 Å². The van der Waals surface area contributed by atoms with E-state index >= 15 is 0 Å². The monoisotopic (exact) mass is 372 g/mol. The van der Waals surface area contributed by atoms with Gasteiger partial charge in [-0.1, -0.05) is 30.3 Å². The largest absolute Gasteiger partial charge is 0.508 e. The van der Waals surface area contributed by atoms with Crippen molar-refractivity contribution in [2.75, 3.05) is 0 Å². The van der Waals surface area contributed by atoms with Crippen LogP contribution in [0.5, 0.6) is 23.0 Å². The molecular formula is C24H20O4. The van der Waals surface area contributed by atoms with E-state index in [9.17, 15) is 20.4 Å². The van der Waals surface area contributed by atoms with Crippen molar-refractivity contribution in [3.05, 3.63) is 95.1 Å². The minimum atomic E-state index is 0.163. The molecule has 4 heteroatoms. The van der Waals surface area contributed by atoms with Gasteiger partial charge in [-0.25, -0.2) is 0 Å². The van der Waals surface area contributed by atoms with Gasteiger partial charge in [-0.15, -0.1) is 0 Å². The first-order chi connectivity index (χ1) is 13.5. The second-order valence-corrected chi connectivity index (χ2v) is 6.96. The number of aromatic hydroxyl groups is 4. The summed E-state index contributed by atoms with van der Waals surface area (Å²) in [7, 11) is 0. The molecule has 4 N–H and O–H groups in total. The molecule has 0 aliphatic heterocycles. The molecule has 4 nitrogen and oxygen atoms in total. The topological polar surface area (TPSA) is 80.9 Å². The van der Waals surface area contributed by atoms with Crippen LogP contribution in [0.2, 0.25) is 0 Å². The maximum atomic E-state index is 10.6. The molecule has 0 radical (unpaired) electrons. The second-order valence-electron chi connectivity index (χ2n) is 6.96. The Bertz CT molecular complexity index is 1130. The lowest BCUT2D eigenvalue weighted by Gasteiger charge is -2.13. The van der Waals surface area contributed by atoms with E-state index in [-0.39, 0.29) is 23.0 Å². The highest BCUT2D eigenvalue weighted by Crippen LogP contribution is 2.35. The lowest BCUT2D eigenvalue weighted by molar-refractivity contribution is 0.469. The highest BCUT2D eigenvalue weighted by atomic mass is 16.3. The van der Waals surface area contributed by atoms with E-state index in [1.165, 1.54) is 0 Å². The Morgan fingerprint density at radius 1 is 0.464 bits per heavy atom. The first kappa shape index (κ1) is 17.7. The Morgan fingerprint density at radius 3 is 1.57 bits per heavy atom. The number of phenolic OH excluding ortho intramolecular Hbond substituents is 4. The molecule has 0 fully saturated rings. The molecule has 4 rings (SSSR count). The summed E-state index contributed by atoms with van der Waals surface area (Å²) in [4.78, 5) is 0. The Hall–Kier alpha value is -3.66. The number of hydrogen-bond acceptors (Lipinski definition) is 4. The lowest BCUT2D eigenvalue weighted by Crippen LogP contribution is -1.93. The molecule has 140 valence electrons. The van der Waals surface area contributed by atoms with Crippen LogP contribution in [0.25, 0.3) is 10.8 Å². The fraction of sp³-hybridized carbons (Fsp3) is 0.0833. The SMILES string of the molecule is Oc1ccc(Cc2cc3c(O)ccc(Cc4ccc(O)cc4)c3cc2O)cc1. The third kappa shape index (κ3) is 3.58. The maximum Gasteiger partial charge on any atom is 0.123 e. The molecule has 0 saturated heterocycles. The Balaban J connectivity index is 1.73. The molecule has 4 aromatic rings. The average molecular weight is 372 g/mol. The number of phenols is 4. The molecule has 0 aliphatic carbocycles. The van der Waals surface area contributed by atoms with Crippen molar-refractivity contribution in [1.29, 1.82) is 0 Å². The highest BCUT2D eigenvalue weighted by Gasteiger charge is 2.12. The van der Waals surface area contributed by atoms with Gasteiger partial charge in [0.1, 0.15) is 23.0 Å². The third-order valence-electron chi connectivity index (χ3n) is 4.94. The average Bonchev–Trinajstić information content (AvgIpc) is 2.68. The Morgan fingerprint density at radius 2 is 1.00 bits per heavy atom. The van der Waals surface area contributed by atoms with E-state index in [2.05, 4.69) is 0 Å². The second kappa shape index (κ2) is 7.16. The van der Waals surface area contributed by atoms with Crippen molar-refractivity contribution in [2.24, 2.45) is 0 Å². The van der Waals surface area contributed by atoms with E-state index < -0.39 is 0 Å². The predicted molar refractivity (Wildman–Crippen MR) is 109 cm³/mol. The molecule has 0 amide bonds. The van der Waals surface area contributed by atoms with Crippen LogP contribution in [0, 0.1) is 0 Å². The minimum absolute atomic E-state index is 0.163. The van der Waals surface area contributed by atoms with Crippen LogP contribution < -0.4 is 0 Å². The number of rotatable bonds is 4. The van der Waals surface area contributed by atoms with E-state index in [1.807, 2.05) is 24.3 Å². The van der Waals surface area contributed by atoms with Crippen molar-refractivity contribution in [1.82, 2.24) is 0 Å². The van der Waals surface area contributed by atoms with Crippen LogP contribution in [0.1, 0.15) is 22.3 Å². The summed E-state index contributed by atoms with van der Waals surface area (Å²) in [6.45, 7) is 0. The molecule has 0 heterocycles. The summed E-state index contributed by atoms with van der Waals surface area (Å²) in [5, 5.41) is 41.3. The van der Waals surface area contributed by atoms with Crippen LogP contribution in [0.15, 0.2) is 72.8 Å². The molecule has 0 atom stereocenters. The zero-order valence-corrected chi connectivity index (χ0v) is 15.1. The van der Waals surface area contributed by atoms with Crippen molar-refractivity contribution >= 4 is 10.8 Å². The maximum absolute atomic E-state index is 10.6. The number of fused-ring (bicyclic) bond motifs is 1. The van der Waals surface area contributed by atoms with E-state index in [4.69, 9.17) is 0 Å². The fourth-order valence-electron chi connectivity index (χ4n) is 3.43. The highest BCUT2D eigenvalue weighted by molar-refractivity contribution is 5.93. The summed E-state index contributed by atoms with van der Waals surface area (Å²) in [6, 6.07) is 20.9. The van der Waals surface area contributed by atoms with Crippen LogP contribution in [-0.2, 0) is 12.8 Å². The molecule has 0 aromatic heterocycles. The smallest absolute Gasteiger partial charge is 0.123 e. The minimum Gasteiger partial charge on any atom is -0.508 e. The quantitative estimate of drug-likeness (QED) is 0.413.